The van der Waals surface area contributed by atoms with E-state index in [0.29, 0.717) is 24.5 Å². The molecule has 182 valence electrons. The lowest BCUT2D eigenvalue weighted by atomic mass is 10.1. The van der Waals surface area contributed by atoms with Gasteiger partial charge in [-0.3, -0.25) is 9.78 Å². The van der Waals surface area contributed by atoms with Crippen LogP contribution in [-0.4, -0.2) is 49.3 Å². The molecule has 7 nitrogen and oxygen atoms in total. The van der Waals surface area contributed by atoms with Crippen LogP contribution in [0.3, 0.4) is 0 Å². The van der Waals surface area contributed by atoms with Gasteiger partial charge in [0.15, 0.2) is 0 Å². The average Bonchev–Trinajstić information content (AvgIpc) is 3.60. The van der Waals surface area contributed by atoms with Crippen molar-refractivity contribution < 1.29 is 13.2 Å². The van der Waals surface area contributed by atoms with Crippen LogP contribution in [0.15, 0.2) is 65.8 Å². The third-order valence-corrected chi connectivity index (χ3v) is 8.42. The zero-order valence-electron chi connectivity index (χ0n) is 18.7. The minimum absolute atomic E-state index is 0. The Kier molecular flexibility index (Phi) is 8.21. The Morgan fingerprint density at radius 3 is 2.59 bits per heavy atom. The SMILES string of the molecule is C[C@@H]1CNCCN1S(=O)(=O)c1ccc([C@@H]2C[C@H]2C(=O)Nc2ccc3cnccc3c2)cc1.Cl.Cl. The van der Waals surface area contributed by atoms with Gasteiger partial charge in [-0.1, -0.05) is 18.2 Å². The lowest BCUT2D eigenvalue weighted by Crippen LogP contribution is -2.52. The minimum atomic E-state index is -3.51. The van der Waals surface area contributed by atoms with Gasteiger partial charge in [0.25, 0.3) is 0 Å². The molecule has 2 aliphatic rings. The summed E-state index contributed by atoms with van der Waals surface area (Å²) in [6, 6.07) is 14.7. The molecule has 1 aliphatic carbocycles. The quantitative estimate of drug-likeness (QED) is 0.531. The molecule has 0 spiro atoms. The maximum Gasteiger partial charge on any atom is 0.243 e. The molecule has 2 N–H and O–H groups in total. The molecular formula is C24H28Cl2N4O3S. The van der Waals surface area contributed by atoms with Crippen molar-refractivity contribution in [3.63, 3.8) is 0 Å². The maximum absolute atomic E-state index is 13.0. The van der Waals surface area contributed by atoms with Crippen LogP contribution < -0.4 is 10.6 Å². The molecule has 34 heavy (non-hydrogen) atoms. The van der Waals surface area contributed by atoms with Crippen LogP contribution in [0.1, 0.15) is 24.8 Å². The minimum Gasteiger partial charge on any atom is -0.326 e. The number of benzene rings is 2. The number of pyridine rings is 1. The van der Waals surface area contributed by atoms with Crippen molar-refractivity contribution in [2.75, 3.05) is 25.0 Å². The van der Waals surface area contributed by atoms with Crippen LogP contribution in [0.2, 0.25) is 0 Å². The van der Waals surface area contributed by atoms with Gasteiger partial charge in [-0.05, 0) is 60.5 Å². The normalized spacial score (nSPS) is 22.3. The maximum atomic E-state index is 13.0. The molecule has 5 rings (SSSR count). The number of carbonyl (C=O) groups excluding carboxylic acids is 1. The van der Waals surface area contributed by atoms with Crippen molar-refractivity contribution in [3.05, 3.63) is 66.5 Å². The Hall–Kier alpha value is -2.23. The third-order valence-electron chi connectivity index (χ3n) is 6.39. The number of carbonyl (C=O) groups is 1. The average molecular weight is 523 g/mol. The van der Waals surface area contributed by atoms with Crippen molar-refractivity contribution >= 4 is 57.2 Å². The van der Waals surface area contributed by atoms with E-state index in [0.717, 1.165) is 28.4 Å². The van der Waals surface area contributed by atoms with E-state index in [-0.39, 0.29) is 48.6 Å². The first kappa shape index (κ1) is 26.4. The number of amides is 1. The first-order chi connectivity index (χ1) is 15.4. The van der Waals surface area contributed by atoms with Crippen LogP contribution in [-0.2, 0) is 14.8 Å². The fraction of sp³-hybridized carbons (Fsp3) is 0.333. The highest BCUT2D eigenvalue weighted by atomic mass is 35.5. The Morgan fingerprint density at radius 2 is 1.85 bits per heavy atom. The predicted octanol–water partition coefficient (Wildman–Crippen LogP) is 3.80. The molecule has 2 aromatic carbocycles. The van der Waals surface area contributed by atoms with Gasteiger partial charge in [0.05, 0.1) is 4.90 Å². The molecule has 1 aromatic heterocycles. The fourth-order valence-corrected chi connectivity index (χ4v) is 6.08. The van der Waals surface area contributed by atoms with Crippen LogP contribution in [0.4, 0.5) is 5.69 Å². The number of hydrogen-bond acceptors (Lipinski definition) is 5. The van der Waals surface area contributed by atoms with E-state index in [1.165, 1.54) is 0 Å². The summed E-state index contributed by atoms with van der Waals surface area (Å²) in [5.41, 5.74) is 1.77. The Bertz CT molecular complexity index is 1270. The van der Waals surface area contributed by atoms with Crippen LogP contribution in [0, 0.1) is 5.92 Å². The highest BCUT2D eigenvalue weighted by molar-refractivity contribution is 7.89. The van der Waals surface area contributed by atoms with Gasteiger partial charge in [-0.25, -0.2) is 8.42 Å². The van der Waals surface area contributed by atoms with Crippen LogP contribution >= 0.6 is 24.8 Å². The Labute approximate surface area is 212 Å². The van der Waals surface area contributed by atoms with Gasteiger partial charge < -0.3 is 10.6 Å². The number of fused-ring (bicyclic) bond motifs is 1. The summed E-state index contributed by atoms with van der Waals surface area (Å²) in [5, 5.41) is 8.28. The molecule has 2 fully saturated rings. The highest BCUT2D eigenvalue weighted by Gasteiger charge is 2.44. The molecule has 1 aliphatic heterocycles. The summed E-state index contributed by atoms with van der Waals surface area (Å²) in [4.78, 5) is 17.1. The third kappa shape index (κ3) is 5.21. The summed E-state index contributed by atoms with van der Waals surface area (Å²) < 4.78 is 27.5. The topological polar surface area (TPSA) is 91.4 Å². The number of piperazine rings is 1. The summed E-state index contributed by atoms with van der Waals surface area (Å²) in [6.07, 6.45) is 4.30. The first-order valence-corrected chi connectivity index (χ1v) is 12.3. The number of halogens is 2. The molecule has 0 unspecified atom stereocenters. The molecular weight excluding hydrogens is 495 g/mol. The smallest absolute Gasteiger partial charge is 0.243 e. The monoisotopic (exact) mass is 522 g/mol. The lowest BCUT2D eigenvalue weighted by Gasteiger charge is -2.32. The number of aromatic nitrogens is 1. The number of anilines is 1. The fourth-order valence-electron chi connectivity index (χ4n) is 4.45. The number of nitrogens with zero attached hydrogens (tertiary/aromatic N) is 2. The van der Waals surface area contributed by atoms with E-state index in [1.807, 2.05) is 43.3 Å². The second-order valence-corrected chi connectivity index (χ2v) is 10.5. The van der Waals surface area contributed by atoms with Crippen molar-refractivity contribution in [3.8, 4) is 0 Å². The number of hydrogen-bond donors (Lipinski definition) is 2. The van der Waals surface area contributed by atoms with Crippen LogP contribution in [0.5, 0.6) is 0 Å². The Morgan fingerprint density at radius 1 is 1.09 bits per heavy atom. The molecule has 0 bridgehead atoms. The highest BCUT2D eigenvalue weighted by Crippen LogP contribution is 2.48. The molecule has 3 atom stereocenters. The zero-order valence-corrected chi connectivity index (χ0v) is 21.1. The van der Waals surface area contributed by atoms with Gasteiger partial charge in [-0.15, -0.1) is 24.8 Å². The Balaban J connectivity index is 0.00000162. The van der Waals surface area contributed by atoms with E-state index in [1.54, 1.807) is 28.8 Å². The molecule has 1 saturated heterocycles. The van der Waals surface area contributed by atoms with E-state index in [2.05, 4.69) is 15.6 Å². The second-order valence-electron chi connectivity index (χ2n) is 8.61. The molecule has 0 radical (unpaired) electrons. The molecule has 2 heterocycles. The largest absolute Gasteiger partial charge is 0.326 e. The molecule has 1 saturated carbocycles. The van der Waals surface area contributed by atoms with E-state index < -0.39 is 10.0 Å². The number of sulfonamides is 1. The second kappa shape index (κ2) is 10.6. The van der Waals surface area contributed by atoms with Gasteiger partial charge >= 0.3 is 0 Å². The van der Waals surface area contributed by atoms with Crippen molar-refractivity contribution in [1.29, 1.82) is 0 Å². The van der Waals surface area contributed by atoms with Gasteiger partial charge in [-0.2, -0.15) is 4.31 Å². The lowest BCUT2D eigenvalue weighted by molar-refractivity contribution is -0.117. The van der Waals surface area contributed by atoms with Gasteiger partial charge in [0.2, 0.25) is 15.9 Å². The number of rotatable bonds is 5. The molecule has 1 amide bonds. The molecule has 10 heteroatoms. The van der Waals surface area contributed by atoms with E-state index in [9.17, 15) is 13.2 Å². The van der Waals surface area contributed by atoms with Gasteiger partial charge in [0.1, 0.15) is 0 Å². The molecule has 3 aromatic rings. The van der Waals surface area contributed by atoms with Crippen molar-refractivity contribution in [1.82, 2.24) is 14.6 Å². The van der Waals surface area contributed by atoms with Crippen molar-refractivity contribution in [2.45, 2.75) is 30.2 Å². The van der Waals surface area contributed by atoms with E-state index >= 15 is 0 Å². The summed E-state index contributed by atoms with van der Waals surface area (Å²) in [7, 11) is -3.51. The summed E-state index contributed by atoms with van der Waals surface area (Å²) >= 11 is 0. The zero-order chi connectivity index (χ0) is 22.3. The first-order valence-electron chi connectivity index (χ1n) is 10.9. The number of nitrogens with one attached hydrogen (secondary N) is 2. The summed E-state index contributed by atoms with van der Waals surface area (Å²) in [5.74, 6) is 0.0167. The van der Waals surface area contributed by atoms with Crippen molar-refractivity contribution in [2.24, 2.45) is 5.92 Å². The van der Waals surface area contributed by atoms with Crippen LogP contribution in [0.25, 0.3) is 10.8 Å². The predicted molar refractivity (Wildman–Crippen MR) is 138 cm³/mol. The van der Waals surface area contributed by atoms with E-state index in [4.69, 9.17) is 0 Å². The summed E-state index contributed by atoms with van der Waals surface area (Å²) in [6.45, 7) is 3.71. The van der Waals surface area contributed by atoms with Gasteiger partial charge in [0, 0.05) is 55.1 Å². The standard InChI is InChI=1S/C24H26N4O3S.2ClH/c1-16-14-26-10-11-28(16)32(30,31)21-6-3-17(4-7-21)22-13-23(22)24(29)27-20-5-2-19-15-25-9-8-18(19)12-20;;/h2-9,12,15-16,22-23,26H,10-11,13-14H2,1H3,(H,27,29);2*1H/t16-,22+,23-;;/m1../s1.